The van der Waals surface area contributed by atoms with Gasteiger partial charge in [-0.05, 0) is 30.8 Å². The zero-order valence-corrected chi connectivity index (χ0v) is 38.5. The molecular formula is C42H60IN4O16+. The van der Waals surface area contributed by atoms with Gasteiger partial charge in [0.25, 0.3) is 0 Å². The molecule has 1 aromatic heterocycles. The van der Waals surface area contributed by atoms with Gasteiger partial charge in [0.05, 0.1) is 38.9 Å². The van der Waals surface area contributed by atoms with Gasteiger partial charge in [-0.3, -0.25) is 14.6 Å². The first kappa shape index (κ1) is 52.3. The first-order valence-corrected chi connectivity index (χ1v) is 22.0. The van der Waals surface area contributed by atoms with E-state index >= 15 is 0 Å². The molecule has 1 aromatic rings. The number of hydrogen-bond donors (Lipinski definition) is 0. The topological polar surface area (TPSA) is 219 Å². The van der Waals surface area contributed by atoms with Crippen LogP contribution in [0, 0.1) is 0 Å². The number of halogens is 1. The summed E-state index contributed by atoms with van der Waals surface area (Å²) in [6.07, 6.45) is 4.45. The Hall–Kier alpha value is -5.03. The number of unbranched alkanes of at least 4 members (excludes halogenated alkanes) is 2. The Morgan fingerprint density at radius 3 is 1.86 bits per heavy atom. The maximum absolute atomic E-state index is 13.0. The normalized spacial score (nSPS) is 18.8. The molecular weight excluding hydrogens is 943 g/mol. The minimum Gasteiger partial charge on any atom is -0.462 e. The monoisotopic (exact) mass is 1000 g/mol. The van der Waals surface area contributed by atoms with Crippen LogP contribution in [0.1, 0.15) is 66.2 Å². The molecule has 2 fully saturated rings. The number of nitrogens with zero attached hydrogens (tertiary/aromatic N) is 4. The van der Waals surface area contributed by atoms with Crippen LogP contribution >= 0.6 is 22.6 Å². The Bertz CT molecular complexity index is 1750. The van der Waals surface area contributed by atoms with Gasteiger partial charge in [-0.25, -0.2) is 28.3 Å². The molecule has 20 nitrogen and oxygen atoms in total. The van der Waals surface area contributed by atoms with Crippen LogP contribution in [0.15, 0.2) is 58.3 Å². The third-order valence-corrected chi connectivity index (χ3v) is 9.45. The molecule has 0 saturated carbocycles. The molecule has 0 amide bonds. The third-order valence-electron chi connectivity index (χ3n) is 9.12. The Morgan fingerprint density at radius 1 is 0.825 bits per heavy atom. The highest BCUT2D eigenvalue weighted by Crippen LogP contribution is 2.31. The average molecular weight is 1000 g/mol. The smallest absolute Gasteiger partial charge is 0.462 e. The van der Waals surface area contributed by atoms with Crippen LogP contribution in [0.4, 0.5) is 9.59 Å². The van der Waals surface area contributed by atoms with Crippen LogP contribution in [-0.4, -0.2) is 141 Å². The Kier molecular flexibility index (Phi) is 23.8. The molecule has 0 spiro atoms. The summed E-state index contributed by atoms with van der Waals surface area (Å²) in [7, 11) is 0. The fourth-order valence-corrected chi connectivity index (χ4v) is 6.09. The van der Waals surface area contributed by atoms with Crippen LogP contribution < -0.4 is 4.57 Å². The molecule has 350 valence electrons. The van der Waals surface area contributed by atoms with E-state index < -0.39 is 99.2 Å². The summed E-state index contributed by atoms with van der Waals surface area (Å²) in [4.78, 5) is 81.4. The molecule has 2 saturated heterocycles. The fraction of sp³-hybridized carbons (Fsp3) is 0.619. The number of esters is 4. The number of hydrogen-bond acceptors (Lipinski definition) is 17. The van der Waals surface area contributed by atoms with Gasteiger partial charge in [0, 0.05) is 30.4 Å². The van der Waals surface area contributed by atoms with Gasteiger partial charge < -0.3 is 52.3 Å². The van der Waals surface area contributed by atoms with Crippen molar-refractivity contribution in [3.05, 3.63) is 53.3 Å². The molecule has 0 N–H and O–H groups in total. The summed E-state index contributed by atoms with van der Waals surface area (Å²) >= 11 is 2.06. The second-order valence-electron chi connectivity index (χ2n) is 14.6. The molecule has 0 aromatic carbocycles. The second-order valence-corrected chi connectivity index (χ2v) is 15.4. The lowest BCUT2D eigenvalue weighted by molar-refractivity contribution is -0.696. The summed E-state index contributed by atoms with van der Waals surface area (Å²) in [5, 5.41) is 0. The number of fused-ring (bicyclic) bond motifs is 1. The first-order valence-electron chi connectivity index (χ1n) is 20.7. The lowest BCUT2D eigenvalue weighted by atomic mass is 10.1. The molecule has 2 aliphatic rings. The Morgan fingerprint density at radius 2 is 1.35 bits per heavy atom. The van der Waals surface area contributed by atoms with Crippen molar-refractivity contribution in [3.8, 4) is 0 Å². The quantitative estimate of drug-likeness (QED) is 0.0167. The van der Waals surface area contributed by atoms with Crippen molar-refractivity contribution < 1.29 is 80.7 Å². The Balaban J connectivity index is 1.51. The maximum atomic E-state index is 13.0. The molecule has 63 heavy (non-hydrogen) atoms. The second kappa shape index (κ2) is 28.6. The largest absolute Gasteiger partial charge is 0.509 e. The third kappa shape index (κ3) is 19.9. The van der Waals surface area contributed by atoms with Gasteiger partial charge in [-0.15, -0.1) is 0 Å². The molecule has 3 heterocycles. The standard InChI is InChI=1S/C42H60IN4O16/c1-7-9-14-44-27-45(18-13-43)16-11-35(48)54-21-31(23-58-39(50)29(3)4)60-41(52)62-33-25-56-38-34(26-57-37(33)38)63-42(53)61-32(24-59-40(51)30(5)6)22-55-36(49)12-17-47-20-19-46(28-47)15-10-8-2/h13,18-20,27-28,31-34,37-38H,3,5,7-12,14-17,21-26H2,1-2,4,6H3/q+1/b18-13-,44-27+/t31?,32?,33-,34+,37-,38-/m1/s1. The SMILES string of the molecule is C=C(C)C(=O)OCC(COC(=O)CCn1cc[n+](CCCC)c1)OC(=O)O[C@H]1CO[C@H]2[C@@H]1OC[C@H]2OC(=O)OC(COC(=O)CCN(/C=C\I)/C=N/CCCC)COC(=O)C(=C)C. The van der Waals surface area contributed by atoms with Crippen LogP contribution in [0.25, 0.3) is 0 Å². The number of ether oxygens (including phenoxy) is 10. The minimum atomic E-state index is -1.25. The maximum Gasteiger partial charge on any atom is 0.509 e. The van der Waals surface area contributed by atoms with Crippen molar-refractivity contribution in [3.63, 3.8) is 0 Å². The summed E-state index contributed by atoms with van der Waals surface area (Å²) < 4.78 is 59.9. The first-order chi connectivity index (χ1) is 30.2. The summed E-state index contributed by atoms with van der Waals surface area (Å²) in [5.74, 6) is -2.66. The van der Waals surface area contributed by atoms with Gasteiger partial charge in [0.1, 0.15) is 57.6 Å². The van der Waals surface area contributed by atoms with E-state index in [0.29, 0.717) is 13.1 Å². The van der Waals surface area contributed by atoms with E-state index in [0.717, 1.165) is 32.2 Å². The fourth-order valence-electron chi connectivity index (χ4n) is 5.68. The van der Waals surface area contributed by atoms with E-state index in [1.807, 2.05) is 27.9 Å². The average Bonchev–Trinajstić information content (AvgIpc) is 3.99. The van der Waals surface area contributed by atoms with Crippen molar-refractivity contribution in [2.24, 2.45) is 4.99 Å². The number of rotatable bonds is 28. The predicted molar refractivity (Wildman–Crippen MR) is 230 cm³/mol. The molecule has 2 unspecified atom stereocenters. The number of carbonyl (C=O) groups excluding carboxylic acids is 6. The van der Waals surface area contributed by atoms with Crippen LogP contribution in [0.5, 0.6) is 0 Å². The summed E-state index contributed by atoms with van der Waals surface area (Å²) in [5.41, 5.74) is 0.210. The number of carbonyl (C=O) groups is 6. The number of aliphatic imine (C=N–C) groups is 1. The molecule has 6 atom stereocenters. The van der Waals surface area contributed by atoms with Crippen LogP contribution in [0.2, 0.25) is 0 Å². The van der Waals surface area contributed by atoms with Crippen molar-refractivity contribution in [1.29, 1.82) is 0 Å². The van der Waals surface area contributed by atoms with Crippen LogP contribution in [0.3, 0.4) is 0 Å². The van der Waals surface area contributed by atoms with E-state index in [1.165, 1.54) is 13.8 Å². The highest BCUT2D eigenvalue weighted by Gasteiger charge is 2.52. The minimum absolute atomic E-state index is 0.0225. The van der Waals surface area contributed by atoms with E-state index in [4.69, 9.17) is 47.4 Å². The van der Waals surface area contributed by atoms with E-state index in [2.05, 4.69) is 54.6 Å². The van der Waals surface area contributed by atoms with Gasteiger partial charge >= 0.3 is 36.2 Å². The van der Waals surface area contributed by atoms with Crippen molar-refractivity contribution in [2.45, 2.75) is 116 Å². The molecule has 0 aliphatic carbocycles. The van der Waals surface area contributed by atoms with Crippen molar-refractivity contribution in [2.75, 3.05) is 52.7 Å². The molecule has 2 aliphatic heterocycles. The Labute approximate surface area is 380 Å². The molecule has 21 heteroatoms. The van der Waals surface area contributed by atoms with Crippen LogP contribution in [-0.2, 0) is 79.6 Å². The molecule has 3 rings (SSSR count). The van der Waals surface area contributed by atoms with Crippen molar-refractivity contribution >= 4 is 65.1 Å². The zero-order chi connectivity index (χ0) is 46.1. The van der Waals surface area contributed by atoms with E-state index in [-0.39, 0.29) is 43.7 Å². The number of aryl methyl sites for hydroxylation is 2. The predicted octanol–water partition coefficient (Wildman–Crippen LogP) is 4.30. The van der Waals surface area contributed by atoms with E-state index in [1.54, 1.807) is 21.5 Å². The molecule has 0 bridgehead atoms. The van der Waals surface area contributed by atoms with E-state index in [9.17, 15) is 28.8 Å². The highest BCUT2D eigenvalue weighted by molar-refractivity contribution is 14.1. The number of imidazole rings is 1. The van der Waals surface area contributed by atoms with Gasteiger partial charge in [-0.2, -0.15) is 0 Å². The highest BCUT2D eigenvalue weighted by atomic mass is 127. The lowest BCUT2D eigenvalue weighted by Crippen LogP contribution is -2.38. The molecule has 0 radical (unpaired) electrons. The van der Waals surface area contributed by atoms with Gasteiger partial charge in [0.2, 0.25) is 6.33 Å². The lowest BCUT2D eigenvalue weighted by Gasteiger charge is -2.21. The summed E-state index contributed by atoms with van der Waals surface area (Å²) in [6.45, 7) is 14.1. The van der Waals surface area contributed by atoms with Gasteiger partial charge in [-0.1, -0.05) is 62.4 Å². The number of aromatic nitrogens is 2. The summed E-state index contributed by atoms with van der Waals surface area (Å²) in [6, 6.07) is 0. The van der Waals surface area contributed by atoms with Gasteiger partial charge in [0.15, 0.2) is 24.4 Å². The van der Waals surface area contributed by atoms with Crippen molar-refractivity contribution in [1.82, 2.24) is 9.47 Å². The zero-order valence-electron chi connectivity index (χ0n) is 36.4.